The van der Waals surface area contributed by atoms with E-state index in [0.717, 1.165) is 5.56 Å². The molecule has 4 aromatic carbocycles. The second-order valence-electron chi connectivity index (χ2n) is 7.41. The van der Waals surface area contributed by atoms with Crippen LogP contribution in [0.15, 0.2) is 83.8 Å². The molecule has 0 aliphatic rings. The van der Waals surface area contributed by atoms with E-state index in [1.165, 1.54) is 18.2 Å². The van der Waals surface area contributed by atoms with Crippen LogP contribution in [0.25, 0.3) is 10.8 Å². The number of amides is 1. The Kier molecular flexibility index (Phi) is 6.75. The Morgan fingerprint density at radius 2 is 1.56 bits per heavy atom. The molecule has 0 unspecified atom stereocenters. The van der Waals surface area contributed by atoms with E-state index in [1.54, 1.807) is 54.6 Å². The topological polar surface area (TPSA) is 99.1 Å². The Labute approximate surface area is 206 Å². The normalized spacial score (nSPS) is 11.1. The summed E-state index contributed by atoms with van der Waals surface area (Å²) in [7, 11) is -3.98. The van der Waals surface area contributed by atoms with Gasteiger partial charge < -0.3 is 5.32 Å². The third kappa shape index (κ3) is 5.15. The van der Waals surface area contributed by atoms with Crippen molar-refractivity contribution < 1.29 is 13.2 Å². The van der Waals surface area contributed by atoms with E-state index in [-0.39, 0.29) is 27.4 Å². The van der Waals surface area contributed by atoms with Crippen molar-refractivity contribution >= 4 is 55.6 Å². The molecular weight excluding hydrogens is 493 g/mol. The first-order valence-corrected chi connectivity index (χ1v) is 12.3. The maximum Gasteiger partial charge on any atom is 0.262 e. The number of hydrogen-bond acceptors (Lipinski definition) is 4. The number of halogens is 2. The first-order chi connectivity index (χ1) is 16.3. The lowest BCUT2D eigenvalue weighted by atomic mass is 10.0. The minimum atomic E-state index is -3.98. The number of anilines is 1. The predicted octanol–water partition coefficient (Wildman–Crippen LogP) is 5.75. The summed E-state index contributed by atoms with van der Waals surface area (Å²) in [6.07, 6.45) is 0. The van der Waals surface area contributed by atoms with Gasteiger partial charge in [0, 0.05) is 27.5 Å². The smallest absolute Gasteiger partial charge is 0.262 e. The molecule has 0 bridgehead atoms. The Hall–Kier alpha value is -3.57. The number of nitrogens with zero attached hydrogens (tertiary/aromatic N) is 1. The maximum absolute atomic E-state index is 12.9. The standard InChI is InChI=1S/C25H17Cl2N3O3S/c26-18-11-19(27)13-20(12-18)34(32,33)30-24-9-3-6-21-22(24)7-2-8-23(21)25(31)29-15-17-5-1-4-16(10-17)14-28/h1-13,30H,15H2,(H,29,31). The summed E-state index contributed by atoms with van der Waals surface area (Å²) >= 11 is 11.9. The molecule has 2 N–H and O–H groups in total. The summed E-state index contributed by atoms with van der Waals surface area (Å²) < 4.78 is 28.5. The van der Waals surface area contributed by atoms with Crippen LogP contribution in [0, 0.1) is 11.3 Å². The minimum absolute atomic E-state index is 0.0736. The van der Waals surface area contributed by atoms with Gasteiger partial charge in [0.2, 0.25) is 0 Å². The van der Waals surface area contributed by atoms with Gasteiger partial charge in [-0.2, -0.15) is 5.26 Å². The van der Waals surface area contributed by atoms with Crippen LogP contribution in [0.1, 0.15) is 21.5 Å². The van der Waals surface area contributed by atoms with Crippen molar-refractivity contribution in [2.75, 3.05) is 4.72 Å². The molecule has 0 aliphatic carbocycles. The molecule has 1 amide bonds. The number of rotatable bonds is 6. The molecule has 0 saturated heterocycles. The molecule has 4 rings (SSSR count). The van der Waals surface area contributed by atoms with Crippen LogP contribution in [0.4, 0.5) is 5.69 Å². The van der Waals surface area contributed by atoms with Crippen LogP contribution in [0.5, 0.6) is 0 Å². The van der Waals surface area contributed by atoms with Crippen molar-refractivity contribution in [1.29, 1.82) is 5.26 Å². The molecule has 0 saturated carbocycles. The van der Waals surface area contributed by atoms with E-state index in [9.17, 15) is 13.2 Å². The van der Waals surface area contributed by atoms with Gasteiger partial charge in [0.1, 0.15) is 0 Å². The van der Waals surface area contributed by atoms with E-state index in [0.29, 0.717) is 27.6 Å². The summed E-state index contributed by atoms with van der Waals surface area (Å²) in [5, 5.41) is 13.4. The number of nitrogens with one attached hydrogen (secondary N) is 2. The number of hydrogen-bond donors (Lipinski definition) is 2. The van der Waals surface area contributed by atoms with Crippen molar-refractivity contribution in [3.63, 3.8) is 0 Å². The number of carbonyl (C=O) groups excluding carboxylic acids is 1. The molecule has 0 radical (unpaired) electrons. The van der Waals surface area contributed by atoms with E-state index < -0.39 is 10.0 Å². The van der Waals surface area contributed by atoms with Gasteiger partial charge in [-0.1, -0.05) is 59.6 Å². The average molecular weight is 510 g/mol. The van der Waals surface area contributed by atoms with Crippen molar-refractivity contribution in [2.45, 2.75) is 11.4 Å². The quantitative estimate of drug-likeness (QED) is 0.345. The number of sulfonamides is 1. The largest absolute Gasteiger partial charge is 0.348 e. The molecule has 0 atom stereocenters. The fourth-order valence-corrected chi connectivity index (χ4v) is 5.32. The number of benzene rings is 4. The van der Waals surface area contributed by atoms with E-state index in [2.05, 4.69) is 16.1 Å². The van der Waals surface area contributed by atoms with Crippen molar-refractivity contribution in [1.82, 2.24) is 5.32 Å². The number of carbonyl (C=O) groups is 1. The van der Waals surface area contributed by atoms with Gasteiger partial charge in [-0.25, -0.2) is 8.42 Å². The van der Waals surface area contributed by atoms with Gasteiger partial charge in [-0.05, 0) is 53.4 Å². The summed E-state index contributed by atoms with van der Waals surface area (Å²) in [6.45, 7) is 0.243. The van der Waals surface area contributed by atoms with Crippen LogP contribution in [-0.2, 0) is 16.6 Å². The van der Waals surface area contributed by atoms with Crippen LogP contribution in [0.3, 0.4) is 0 Å². The molecule has 0 aromatic heterocycles. The van der Waals surface area contributed by atoms with Crippen LogP contribution >= 0.6 is 23.2 Å². The zero-order chi connectivity index (χ0) is 24.3. The highest BCUT2D eigenvalue weighted by atomic mass is 35.5. The fraction of sp³-hybridized carbons (Fsp3) is 0.0400. The summed E-state index contributed by atoms with van der Waals surface area (Å²) in [5.41, 5.74) is 2.00. The van der Waals surface area contributed by atoms with Gasteiger partial charge in [0.25, 0.3) is 15.9 Å². The molecule has 4 aromatic rings. The van der Waals surface area contributed by atoms with Gasteiger partial charge in [0.15, 0.2) is 0 Å². The number of fused-ring (bicyclic) bond motifs is 1. The summed E-state index contributed by atoms with van der Waals surface area (Å²) in [5.74, 6) is -0.324. The average Bonchev–Trinajstić information content (AvgIpc) is 2.82. The van der Waals surface area contributed by atoms with Crippen LogP contribution < -0.4 is 10.0 Å². The zero-order valence-electron chi connectivity index (χ0n) is 17.5. The Balaban J connectivity index is 1.63. The lowest BCUT2D eigenvalue weighted by Gasteiger charge is -2.13. The molecule has 0 spiro atoms. The molecule has 9 heteroatoms. The third-order valence-electron chi connectivity index (χ3n) is 5.07. The molecule has 0 aliphatic heterocycles. The lowest BCUT2D eigenvalue weighted by molar-refractivity contribution is 0.0952. The van der Waals surface area contributed by atoms with Crippen molar-refractivity contribution in [3.05, 3.63) is 106 Å². The first-order valence-electron chi connectivity index (χ1n) is 10.0. The molecule has 6 nitrogen and oxygen atoms in total. The SMILES string of the molecule is N#Cc1cccc(CNC(=O)c2cccc3c(NS(=O)(=O)c4cc(Cl)cc(Cl)c4)cccc23)c1. The predicted molar refractivity (Wildman–Crippen MR) is 134 cm³/mol. The third-order valence-corrected chi connectivity index (χ3v) is 6.85. The second-order valence-corrected chi connectivity index (χ2v) is 9.97. The summed E-state index contributed by atoms with van der Waals surface area (Å²) in [6, 6.07) is 23.2. The van der Waals surface area contributed by atoms with E-state index in [1.807, 2.05) is 6.07 Å². The highest BCUT2D eigenvalue weighted by molar-refractivity contribution is 7.92. The summed E-state index contributed by atoms with van der Waals surface area (Å²) in [4.78, 5) is 12.9. The van der Waals surface area contributed by atoms with E-state index >= 15 is 0 Å². The molecule has 0 heterocycles. The highest BCUT2D eigenvalue weighted by Gasteiger charge is 2.18. The monoisotopic (exact) mass is 509 g/mol. The lowest BCUT2D eigenvalue weighted by Crippen LogP contribution is -2.23. The van der Waals surface area contributed by atoms with Gasteiger partial charge in [-0.15, -0.1) is 0 Å². The molecule has 170 valence electrons. The molecular formula is C25H17Cl2N3O3S. The fourth-order valence-electron chi connectivity index (χ4n) is 3.51. The second kappa shape index (κ2) is 9.74. The highest BCUT2D eigenvalue weighted by Crippen LogP contribution is 2.29. The molecule has 34 heavy (non-hydrogen) atoms. The van der Waals surface area contributed by atoms with E-state index in [4.69, 9.17) is 28.5 Å². The van der Waals surface area contributed by atoms with Gasteiger partial charge in [0.05, 0.1) is 22.2 Å². The van der Waals surface area contributed by atoms with Crippen molar-refractivity contribution in [2.24, 2.45) is 0 Å². The maximum atomic E-state index is 12.9. The van der Waals surface area contributed by atoms with Gasteiger partial charge >= 0.3 is 0 Å². The van der Waals surface area contributed by atoms with Gasteiger partial charge in [-0.3, -0.25) is 9.52 Å². The Morgan fingerprint density at radius 3 is 2.29 bits per heavy atom. The molecule has 0 fully saturated rings. The first kappa shape index (κ1) is 23.6. The Bertz CT molecular complexity index is 1540. The minimum Gasteiger partial charge on any atom is -0.348 e. The Morgan fingerprint density at radius 1 is 0.882 bits per heavy atom. The van der Waals surface area contributed by atoms with Crippen molar-refractivity contribution in [3.8, 4) is 6.07 Å². The number of nitriles is 1. The van der Waals surface area contributed by atoms with Crippen LogP contribution in [0.2, 0.25) is 10.0 Å². The zero-order valence-corrected chi connectivity index (χ0v) is 19.9. The van der Waals surface area contributed by atoms with Crippen LogP contribution in [-0.4, -0.2) is 14.3 Å².